The molecular formula is C14H18F3NO2S. The Kier molecular flexibility index (Phi) is 5.64. The fourth-order valence-electron chi connectivity index (χ4n) is 1.81. The SMILES string of the molecule is COc1ccc(OCCSC(F)(F)F)c(CNC2CC2)c1. The Morgan fingerprint density at radius 3 is 2.71 bits per heavy atom. The Labute approximate surface area is 126 Å². The zero-order valence-electron chi connectivity index (χ0n) is 11.7. The van der Waals surface area contributed by atoms with Crippen LogP contribution in [-0.2, 0) is 6.54 Å². The van der Waals surface area contributed by atoms with Crippen LogP contribution in [0.25, 0.3) is 0 Å². The van der Waals surface area contributed by atoms with Crippen LogP contribution in [0.4, 0.5) is 13.2 Å². The van der Waals surface area contributed by atoms with Crippen molar-refractivity contribution in [3.63, 3.8) is 0 Å². The van der Waals surface area contributed by atoms with Crippen LogP contribution >= 0.6 is 11.8 Å². The number of thioether (sulfide) groups is 1. The molecule has 0 spiro atoms. The van der Waals surface area contributed by atoms with Crippen molar-refractivity contribution in [3.05, 3.63) is 23.8 Å². The van der Waals surface area contributed by atoms with Crippen molar-refractivity contribution in [2.24, 2.45) is 0 Å². The Morgan fingerprint density at radius 2 is 2.10 bits per heavy atom. The van der Waals surface area contributed by atoms with Crippen molar-refractivity contribution in [1.29, 1.82) is 0 Å². The normalized spacial score (nSPS) is 15.0. The summed E-state index contributed by atoms with van der Waals surface area (Å²) in [6.07, 6.45) is 2.34. The summed E-state index contributed by atoms with van der Waals surface area (Å²) in [5, 5.41) is 3.36. The molecule has 1 aromatic carbocycles. The van der Waals surface area contributed by atoms with E-state index in [1.807, 2.05) is 6.07 Å². The van der Waals surface area contributed by atoms with Gasteiger partial charge in [-0.25, -0.2) is 0 Å². The minimum Gasteiger partial charge on any atom is -0.497 e. The third-order valence-corrected chi connectivity index (χ3v) is 3.73. The van der Waals surface area contributed by atoms with Crippen molar-refractivity contribution in [1.82, 2.24) is 5.32 Å². The van der Waals surface area contributed by atoms with Gasteiger partial charge in [-0.2, -0.15) is 13.2 Å². The van der Waals surface area contributed by atoms with Gasteiger partial charge < -0.3 is 14.8 Å². The number of benzene rings is 1. The van der Waals surface area contributed by atoms with E-state index in [1.54, 1.807) is 19.2 Å². The number of methoxy groups -OCH3 is 1. The molecule has 1 aliphatic rings. The molecule has 118 valence electrons. The number of halogens is 3. The first-order valence-electron chi connectivity index (χ1n) is 6.72. The van der Waals surface area contributed by atoms with Crippen LogP contribution in [0.1, 0.15) is 18.4 Å². The van der Waals surface area contributed by atoms with Crippen molar-refractivity contribution < 1.29 is 22.6 Å². The second-order valence-corrected chi connectivity index (χ2v) is 5.93. The molecule has 1 aliphatic carbocycles. The average molecular weight is 321 g/mol. The molecule has 0 amide bonds. The molecule has 1 fully saturated rings. The van der Waals surface area contributed by atoms with Gasteiger partial charge in [0.2, 0.25) is 0 Å². The van der Waals surface area contributed by atoms with Crippen molar-refractivity contribution >= 4 is 11.8 Å². The molecule has 7 heteroatoms. The topological polar surface area (TPSA) is 30.5 Å². The van der Waals surface area contributed by atoms with Gasteiger partial charge in [-0.05, 0) is 42.8 Å². The highest BCUT2D eigenvalue weighted by Gasteiger charge is 2.27. The summed E-state index contributed by atoms with van der Waals surface area (Å²) < 4.78 is 46.8. The molecule has 0 saturated heterocycles. The highest BCUT2D eigenvalue weighted by Crippen LogP contribution is 2.30. The summed E-state index contributed by atoms with van der Waals surface area (Å²) >= 11 is -0.0707. The summed E-state index contributed by atoms with van der Waals surface area (Å²) in [5.74, 6) is 1.19. The van der Waals surface area contributed by atoms with E-state index < -0.39 is 5.51 Å². The molecule has 1 saturated carbocycles. The number of rotatable bonds is 8. The lowest BCUT2D eigenvalue weighted by Gasteiger charge is -2.14. The lowest BCUT2D eigenvalue weighted by atomic mass is 10.2. The third-order valence-electron chi connectivity index (χ3n) is 3.03. The molecule has 1 aromatic rings. The van der Waals surface area contributed by atoms with Crippen LogP contribution in [0.3, 0.4) is 0 Å². The van der Waals surface area contributed by atoms with Crippen molar-refractivity contribution in [2.75, 3.05) is 19.5 Å². The predicted molar refractivity (Wildman–Crippen MR) is 76.9 cm³/mol. The van der Waals surface area contributed by atoms with Gasteiger partial charge in [0.1, 0.15) is 11.5 Å². The molecule has 0 radical (unpaired) electrons. The van der Waals surface area contributed by atoms with Crippen LogP contribution in [0.15, 0.2) is 18.2 Å². The molecule has 2 rings (SSSR count). The monoisotopic (exact) mass is 321 g/mol. The van der Waals surface area contributed by atoms with E-state index in [2.05, 4.69) is 5.32 Å². The molecule has 0 aromatic heterocycles. The smallest absolute Gasteiger partial charge is 0.441 e. The van der Waals surface area contributed by atoms with Gasteiger partial charge in [-0.3, -0.25) is 0 Å². The number of alkyl halides is 3. The van der Waals surface area contributed by atoms with E-state index in [0.717, 1.165) is 5.56 Å². The summed E-state index contributed by atoms with van der Waals surface area (Å²) in [6, 6.07) is 5.87. The molecule has 0 bridgehead atoms. The van der Waals surface area contributed by atoms with E-state index in [0.29, 0.717) is 24.1 Å². The largest absolute Gasteiger partial charge is 0.497 e. The fraction of sp³-hybridized carbons (Fsp3) is 0.571. The van der Waals surface area contributed by atoms with Gasteiger partial charge >= 0.3 is 5.51 Å². The fourth-order valence-corrected chi connectivity index (χ4v) is 2.21. The van der Waals surface area contributed by atoms with Crippen LogP contribution < -0.4 is 14.8 Å². The van der Waals surface area contributed by atoms with Gasteiger partial charge in [0.25, 0.3) is 0 Å². The van der Waals surface area contributed by atoms with Crippen LogP contribution in [0.5, 0.6) is 11.5 Å². The highest BCUT2D eigenvalue weighted by molar-refractivity contribution is 8.00. The van der Waals surface area contributed by atoms with Crippen molar-refractivity contribution in [2.45, 2.75) is 30.9 Å². The Morgan fingerprint density at radius 1 is 1.33 bits per heavy atom. The molecule has 1 N–H and O–H groups in total. The Hall–Kier alpha value is -1.08. The first kappa shape index (κ1) is 16.3. The maximum absolute atomic E-state index is 12.1. The summed E-state index contributed by atoms with van der Waals surface area (Å²) in [7, 11) is 1.58. The number of hydrogen-bond donors (Lipinski definition) is 1. The van der Waals surface area contributed by atoms with Gasteiger partial charge in [0, 0.05) is 23.9 Å². The van der Waals surface area contributed by atoms with E-state index in [1.165, 1.54) is 12.8 Å². The van der Waals surface area contributed by atoms with E-state index in [-0.39, 0.29) is 24.1 Å². The average Bonchev–Trinajstić information content (AvgIpc) is 3.25. The molecule has 0 unspecified atom stereocenters. The third kappa shape index (κ3) is 6.05. The lowest BCUT2D eigenvalue weighted by molar-refractivity contribution is -0.0329. The zero-order chi connectivity index (χ0) is 15.3. The molecule has 3 nitrogen and oxygen atoms in total. The minimum absolute atomic E-state index is 0.0208. The van der Waals surface area contributed by atoms with Crippen LogP contribution in [0.2, 0.25) is 0 Å². The van der Waals surface area contributed by atoms with E-state index in [4.69, 9.17) is 9.47 Å². The molecule has 0 atom stereocenters. The lowest BCUT2D eigenvalue weighted by Crippen LogP contribution is -2.16. The maximum Gasteiger partial charge on any atom is 0.441 e. The Bertz CT molecular complexity index is 464. The second kappa shape index (κ2) is 7.26. The second-order valence-electron chi connectivity index (χ2n) is 4.77. The van der Waals surface area contributed by atoms with Gasteiger partial charge in [0.15, 0.2) is 0 Å². The summed E-state index contributed by atoms with van der Waals surface area (Å²) in [4.78, 5) is 0. The first-order valence-corrected chi connectivity index (χ1v) is 7.70. The number of hydrogen-bond acceptors (Lipinski definition) is 4. The molecule has 0 aliphatic heterocycles. The van der Waals surface area contributed by atoms with Crippen LogP contribution in [0, 0.1) is 0 Å². The van der Waals surface area contributed by atoms with E-state index >= 15 is 0 Å². The van der Waals surface area contributed by atoms with Gasteiger partial charge in [-0.15, -0.1) is 0 Å². The maximum atomic E-state index is 12.1. The zero-order valence-corrected chi connectivity index (χ0v) is 12.5. The molecule has 0 heterocycles. The minimum atomic E-state index is -4.21. The quantitative estimate of drug-likeness (QED) is 0.742. The van der Waals surface area contributed by atoms with Gasteiger partial charge in [-0.1, -0.05) is 0 Å². The number of ether oxygens (including phenoxy) is 2. The molecule has 21 heavy (non-hydrogen) atoms. The van der Waals surface area contributed by atoms with Gasteiger partial charge in [0.05, 0.1) is 13.7 Å². The number of nitrogens with one attached hydrogen (secondary N) is 1. The summed E-state index contributed by atoms with van der Waals surface area (Å²) in [5.41, 5.74) is -3.31. The Balaban J connectivity index is 1.89. The highest BCUT2D eigenvalue weighted by atomic mass is 32.2. The first-order chi connectivity index (χ1) is 9.98. The van der Waals surface area contributed by atoms with E-state index in [9.17, 15) is 13.2 Å². The standard InChI is InChI=1S/C14H18F3NO2S/c1-19-12-4-5-13(20-6-7-21-14(15,16)17)10(8-12)9-18-11-2-3-11/h4-5,8,11,18H,2-3,6-7,9H2,1H3. The van der Waals surface area contributed by atoms with Crippen LogP contribution in [-0.4, -0.2) is 31.0 Å². The predicted octanol–water partition coefficient (Wildman–Crippen LogP) is 3.58. The molecular weight excluding hydrogens is 303 g/mol. The summed E-state index contributed by atoms with van der Waals surface area (Å²) in [6.45, 7) is 0.649. The van der Waals surface area contributed by atoms with Crippen molar-refractivity contribution in [3.8, 4) is 11.5 Å².